The highest BCUT2D eigenvalue weighted by molar-refractivity contribution is 7.18. The first-order chi connectivity index (χ1) is 13.8. The molecule has 1 N–H and O–H groups in total. The Hall–Kier alpha value is -1.80. The van der Waals surface area contributed by atoms with Crippen molar-refractivity contribution in [2.45, 2.75) is 33.4 Å². The van der Waals surface area contributed by atoms with Crippen molar-refractivity contribution < 1.29 is 4.39 Å². The first-order valence-corrected chi connectivity index (χ1v) is 10.9. The van der Waals surface area contributed by atoms with Crippen LogP contribution < -0.4 is 5.56 Å². The molecule has 1 unspecified atom stereocenters. The van der Waals surface area contributed by atoms with Crippen molar-refractivity contribution in [3.05, 3.63) is 61.2 Å². The van der Waals surface area contributed by atoms with Gasteiger partial charge in [0.05, 0.1) is 11.4 Å². The van der Waals surface area contributed by atoms with Crippen molar-refractivity contribution >= 4 is 33.2 Å². The zero-order chi connectivity index (χ0) is 20.7. The third kappa shape index (κ3) is 3.97. The highest BCUT2D eigenvalue weighted by Gasteiger charge is 2.25. The summed E-state index contributed by atoms with van der Waals surface area (Å²) in [6.07, 6.45) is 0. The van der Waals surface area contributed by atoms with Gasteiger partial charge in [-0.15, -0.1) is 11.3 Å². The maximum Gasteiger partial charge on any atom is 0.259 e. The van der Waals surface area contributed by atoms with E-state index in [4.69, 9.17) is 16.6 Å². The predicted octanol–water partition coefficient (Wildman–Crippen LogP) is 4.27. The molecule has 0 saturated carbocycles. The summed E-state index contributed by atoms with van der Waals surface area (Å²) < 4.78 is 14.1. The Bertz CT molecular complexity index is 1080. The first kappa shape index (κ1) is 20.5. The molecule has 0 spiro atoms. The summed E-state index contributed by atoms with van der Waals surface area (Å²) in [6, 6.07) is 4.81. The molecule has 5 nitrogen and oxygen atoms in total. The normalized spacial score (nSPS) is 17.1. The second-order valence-corrected chi connectivity index (χ2v) is 9.21. The third-order valence-corrected chi connectivity index (χ3v) is 7.31. The summed E-state index contributed by atoms with van der Waals surface area (Å²) in [7, 11) is 0. The van der Waals surface area contributed by atoms with Gasteiger partial charge in [0.2, 0.25) is 0 Å². The standard InChI is InChI=1S/C21H24ClFN4OS/c1-12-14(3)29-21-18(12)20(28)24-19(25-21)13(2)27-9-7-26(8-10-27)11-15-16(22)5-4-6-17(15)23/h4-6,13H,7-11H2,1-3H3,(H,24,25,28). The third-order valence-electron chi connectivity index (χ3n) is 5.85. The van der Waals surface area contributed by atoms with Crippen LogP contribution in [0, 0.1) is 19.7 Å². The number of aromatic amines is 1. The number of nitrogens with zero attached hydrogens (tertiary/aromatic N) is 3. The molecule has 1 saturated heterocycles. The number of H-pyrrole nitrogens is 1. The van der Waals surface area contributed by atoms with E-state index in [0.29, 0.717) is 28.3 Å². The van der Waals surface area contributed by atoms with E-state index < -0.39 is 0 Å². The van der Waals surface area contributed by atoms with E-state index in [0.717, 1.165) is 41.5 Å². The molecule has 0 radical (unpaired) electrons. The molecule has 154 valence electrons. The van der Waals surface area contributed by atoms with Crippen LogP contribution in [0.25, 0.3) is 10.2 Å². The first-order valence-electron chi connectivity index (χ1n) is 9.74. The number of thiophene rings is 1. The Morgan fingerprint density at radius 1 is 1.28 bits per heavy atom. The van der Waals surface area contributed by atoms with Gasteiger partial charge in [-0.05, 0) is 38.5 Å². The SMILES string of the molecule is Cc1sc2nc(C(C)N3CCN(Cc4c(F)cccc4Cl)CC3)[nH]c(=O)c2c1C. The van der Waals surface area contributed by atoms with Crippen molar-refractivity contribution in [2.24, 2.45) is 0 Å². The average Bonchev–Trinajstić information content (AvgIpc) is 2.99. The molecule has 0 aliphatic carbocycles. The van der Waals surface area contributed by atoms with Crippen LogP contribution in [0.15, 0.2) is 23.0 Å². The molecule has 1 aliphatic heterocycles. The van der Waals surface area contributed by atoms with Crippen LogP contribution in [-0.4, -0.2) is 45.9 Å². The number of piperazine rings is 1. The molecular formula is C21H24ClFN4OS. The smallest absolute Gasteiger partial charge is 0.259 e. The summed E-state index contributed by atoms with van der Waals surface area (Å²) in [6.45, 7) is 9.80. The molecule has 3 aromatic rings. The summed E-state index contributed by atoms with van der Waals surface area (Å²) in [5.74, 6) is 0.444. The Kier molecular flexibility index (Phi) is 5.75. The summed E-state index contributed by atoms with van der Waals surface area (Å²) in [5, 5.41) is 1.17. The number of hydrogen-bond donors (Lipinski definition) is 1. The minimum absolute atomic E-state index is 0.00834. The van der Waals surface area contributed by atoms with Gasteiger partial charge < -0.3 is 4.98 Å². The van der Waals surface area contributed by atoms with E-state index in [1.807, 2.05) is 13.8 Å². The Labute approximate surface area is 178 Å². The molecule has 2 aromatic heterocycles. The summed E-state index contributed by atoms with van der Waals surface area (Å²) in [4.78, 5) is 26.7. The number of rotatable bonds is 4. The number of aryl methyl sites for hydroxylation is 2. The van der Waals surface area contributed by atoms with Crippen LogP contribution in [-0.2, 0) is 6.54 Å². The van der Waals surface area contributed by atoms with Crippen LogP contribution in [0.3, 0.4) is 0 Å². The zero-order valence-corrected chi connectivity index (χ0v) is 18.3. The maximum absolute atomic E-state index is 14.1. The minimum Gasteiger partial charge on any atom is -0.309 e. The highest BCUT2D eigenvalue weighted by Crippen LogP contribution is 2.28. The Morgan fingerprint density at radius 2 is 2.00 bits per heavy atom. The van der Waals surface area contributed by atoms with E-state index in [1.54, 1.807) is 23.5 Å². The summed E-state index contributed by atoms with van der Waals surface area (Å²) in [5.41, 5.74) is 1.50. The van der Waals surface area contributed by atoms with Gasteiger partial charge >= 0.3 is 0 Å². The number of fused-ring (bicyclic) bond motifs is 1. The minimum atomic E-state index is -0.259. The molecular weight excluding hydrogens is 411 g/mol. The lowest BCUT2D eigenvalue weighted by molar-refractivity contribution is 0.0941. The lowest BCUT2D eigenvalue weighted by Gasteiger charge is -2.37. The second-order valence-electron chi connectivity index (χ2n) is 7.60. The molecule has 0 bridgehead atoms. The molecule has 1 fully saturated rings. The van der Waals surface area contributed by atoms with Gasteiger partial charge in [-0.25, -0.2) is 9.37 Å². The zero-order valence-electron chi connectivity index (χ0n) is 16.8. The maximum atomic E-state index is 14.1. The summed E-state index contributed by atoms with van der Waals surface area (Å²) >= 11 is 7.73. The van der Waals surface area contributed by atoms with Gasteiger partial charge in [-0.1, -0.05) is 17.7 Å². The lowest BCUT2D eigenvalue weighted by Crippen LogP contribution is -2.47. The van der Waals surface area contributed by atoms with E-state index in [2.05, 4.69) is 21.7 Å². The van der Waals surface area contributed by atoms with E-state index in [-0.39, 0.29) is 17.4 Å². The largest absolute Gasteiger partial charge is 0.309 e. The average molecular weight is 435 g/mol. The molecule has 1 aromatic carbocycles. The van der Waals surface area contributed by atoms with E-state index >= 15 is 0 Å². The highest BCUT2D eigenvalue weighted by atomic mass is 35.5. The topological polar surface area (TPSA) is 52.2 Å². The van der Waals surface area contributed by atoms with Crippen molar-refractivity contribution in [2.75, 3.05) is 26.2 Å². The molecule has 8 heteroatoms. The molecule has 1 aliphatic rings. The molecule has 3 heterocycles. The fourth-order valence-corrected chi connectivity index (χ4v) is 5.12. The van der Waals surface area contributed by atoms with Crippen LogP contribution in [0.1, 0.15) is 34.8 Å². The van der Waals surface area contributed by atoms with Crippen LogP contribution in [0.4, 0.5) is 4.39 Å². The van der Waals surface area contributed by atoms with E-state index in [9.17, 15) is 9.18 Å². The van der Waals surface area contributed by atoms with Crippen molar-refractivity contribution in [3.63, 3.8) is 0 Å². The van der Waals surface area contributed by atoms with Crippen molar-refractivity contribution in [1.82, 2.24) is 19.8 Å². The fourth-order valence-electron chi connectivity index (χ4n) is 3.86. The van der Waals surface area contributed by atoms with Crippen molar-refractivity contribution in [1.29, 1.82) is 0 Å². The van der Waals surface area contributed by atoms with Gasteiger partial charge in [0, 0.05) is 48.2 Å². The number of benzene rings is 1. The van der Waals surface area contributed by atoms with Gasteiger partial charge in [0.25, 0.3) is 5.56 Å². The quantitative estimate of drug-likeness (QED) is 0.666. The fraction of sp³-hybridized carbons (Fsp3) is 0.429. The van der Waals surface area contributed by atoms with Gasteiger partial charge in [0.1, 0.15) is 16.5 Å². The predicted molar refractivity (Wildman–Crippen MR) is 116 cm³/mol. The van der Waals surface area contributed by atoms with Gasteiger partial charge in [0.15, 0.2) is 0 Å². The Balaban J connectivity index is 1.46. The van der Waals surface area contributed by atoms with Crippen molar-refractivity contribution in [3.8, 4) is 0 Å². The number of nitrogens with one attached hydrogen (secondary N) is 1. The number of halogens is 2. The van der Waals surface area contributed by atoms with E-state index in [1.165, 1.54) is 6.07 Å². The lowest BCUT2D eigenvalue weighted by atomic mass is 10.1. The van der Waals surface area contributed by atoms with Crippen LogP contribution >= 0.6 is 22.9 Å². The van der Waals surface area contributed by atoms with Crippen LogP contribution in [0.2, 0.25) is 5.02 Å². The molecule has 29 heavy (non-hydrogen) atoms. The number of aromatic nitrogens is 2. The molecule has 1 atom stereocenters. The molecule has 4 rings (SSSR count). The van der Waals surface area contributed by atoms with Crippen LogP contribution in [0.5, 0.6) is 0 Å². The molecule has 0 amide bonds. The monoisotopic (exact) mass is 434 g/mol. The second kappa shape index (κ2) is 8.14. The Morgan fingerprint density at radius 3 is 2.69 bits per heavy atom. The number of hydrogen-bond acceptors (Lipinski definition) is 5. The van der Waals surface area contributed by atoms with Gasteiger partial charge in [-0.3, -0.25) is 14.6 Å². The van der Waals surface area contributed by atoms with Gasteiger partial charge in [-0.2, -0.15) is 0 Å².